The molecule has 0 rings (SSSR count). The summed E-state index contributed by atoms with van der Waals surface area (Å²) >= 11 is 1.89. The van der Waals surface area contributed by atoms with Crippen molar-refractivity contribution in [1.82, 2.24) is 0 Å². The molecule has 0 heterocycles. The van der Waals surface area contributed by atoms with Crippen LogP contribution in [0, 0.1) is 0 Å². The third-order valence-corrected chi connectivity index (χ3v) is 1.55. The van der Waals surface area contributed by atoms with E-state index in [1.165, 1.54) is 0 Å². The highest BCUT2D eigenvalue weighted by Crippen LogP contribution is 2.05. The minimum atomic E-state index is -0.412. The van der Waals surface area contributed by atoms with Crippen LogP contribution in [0.25, 0.3) is 0 Å². The maximum Gasteiger partial charge on any atom is 0.101 e. The highest BCUT2D eigenvalue weighted by atomic mass is 127. The van der Waals surface area contributed by atoms with E-state index in [-0.39, 0.29) is 3.92 Å². The second kappa shape index (κ2) is 4.74. The van der Waals surface area contributed by atoms with Crippen LogP contribution in [0.3, 0.4) is 0 Å². The van der Waals surface area contributed by atoms with Gasteiger partial charge in [-0.1, -0.05) is 22.6 Å². The lowest BCUT2D eigenvalue weighted by Gasteiger charge is -1.96. The molecule has 1 unspecified atom stereocenters. The Hall–Kier alpha value is 0.590. The predicted molar refractivity (Wildman–Crippen MR) is 34.4 cm³/mol. The van der Waals surface area contributed by atoms with Gasteiger partial charge in [-0.2, -0.15) is 0 Å². The number of hydrogen-bond donors (Lipinski definition) is 0. The molecular weight excluding hydrogens is 213 g/mol. The van der Waals surface area contributed by atoms with Crippen LogP contribution in [-0.2, 0) is 0 Å². The molecule has 1 atom stereocenters. The molecule has 0 aliphatic heterocycles. The van der Waals surface area contributed by atoms with E-state index in [9.17, 15) is 8.78 Å². The van der Waals surface area contributed by atoms with Gasteiger partial charge in [0.1, 0.15) is 6.67 Å². The average Bonchev–Trinajstić information content (AvgIpc) is 1.68. The molecular formula is C4H7F2I. The summed E-state index contributed by atoms with van der Waals surface area (Å²) in [4.78, 5) is 0. The van der Waals surface area contributed by atoms with Crippen molar-refractivity contribution in [2.45, 2.75) is 10.3 Å². The smallest absolute Gasteiger partial charge is 0.101 e. The van der Waals surface area contributed by atoms with Crippen LogP contribution in [0.4, 0.5) is 8.78 Å². The van der Waals surface area contributed by atoms with Crippen molar-refractivity contribution >= 4 is 22.6 Å². The number of halogens is 3. The first-order chi connectivity index (χ1) is 3.31. The second-order valence-corrected chi connectivity index (χ2v) is 2.99. The maximum absolute atomic E-state index is 11.4. The zero-order chi connectivity index (χ0) is 5.70. The lowest BCUT2D eigenvalue weighted by Crippen LogP contribution is -1.99. The summed E-state index contributed by atoms with van der Waals surface area (Å²) in [6.07, 6.45) is 0.344. The summed E-state index contributed by atoms with van der Waals surface area (Å²) in [6, 6.07) is 0. The number of rotatable bonds is 3. The van der Waals surface area contributed by atoms with E-state index >= 15 is 0 Å². The Kier molecular flexibility index (Phi) is 5.14. The normalized spacial score (nSPS) is 14.1. The van der Waals surface area contributed by atoms with Crippen molar-refractivity contribution in [2.75, 3.05) is 13.3 Å². The van der Waals surface area contributed by atoms with E-state index in [1.54, 1.807) is 0 Å². The van der Waals surface area contributed by atoms with Crippen LogP contribution in [0.5, 0.6) is 0 Å². The van der Waals surface area contributed by atoms with Crippen LogP contribution in [0.1, 0.15) is 6.42 Å². The molecule has 3 heteroatoms. The fraction of sp³-hybridized carbons (Fsp3) is 1.00. The maximum atomic E-state index is 11.4. The Morgan fingerprint density at radius 3 is 2.14 bits per heavy atom. The van der Waals surface area contributed by atoms with Crippen molar-refractivity contribution in [3.8, 4) is 0 Å². The van der Waals surface area contributed by atoms with Crippen LogP contribution in [0.2, 0.25) is 0 Å². The van der Waals surface area contributed by atoms with Gasteiger partial charge in [0.15, 0.2) is 0 Å². The quantitative estimate of drug-likeness (QED) is 0.504. The lowest BCUT2D eigenvalue weighted by atomic mass is 10.4. The summed E-state index contributed by atoms with van der Waals surface area (Å²) in [5.74, 6) is 0. The van der Waals surface area contributed by atoms with Crippen molar-refractivity contribution in [1.29, 1.82) is 0 Å². The zero-order valence-electron chi connectivity index (χ0n) is 3.83. The van der Waals surface area contributed by atoms with Gasteiger partial charge in [-0.3, -0.25) is 4.39 Å². The molecule has 0 N–H and O–H groups in total. The van der Waals surface area contributed by atoms with Gasteiger partial charge in [0, 0.05) is 3.92 Å². The minimum Gasteiger partial charge on any atom is -0.251 e. The fourth-order valence-corrected chi connectivity index (χ4v) is 0.431. The molecule has 0 saturated heterocycles. The van der Waals surface area contributed by atoms with E-state index in [1.807, 2.05) is 22.6 Å². The molecule has 0 nitrogen and oxygen atoms in total. The first-order valence-corrected chi connectivity index (χ1v) is 3.31. The van der Waals surface area contributed by atoms with E-state index < -0.39 is 13.3 Å². The summed E-state index contributed by atoms with van der Waals surface area (Å²) in [5, 5.41) is 0. The number of hydrogen-bond acceptors (Lipinski definition) is 0. The molecule has 0 fully saturated rings. The van der Waals surface area contributed by atoms with Crippen molar-refractivity contribution in [3.63, 3.8) is 0 Å². The van der Waals surface area contributed by atoms with Crippen molar-refractivity contribution in [2.24, 2.45) is 0 Å². The average molecular weight is 220 g/mol. The molecule has 44 valence electrons. The molecule has 0 amide bonds. The minimum absolute atomic E-state index is 0.123. The molecule has 0 aromatic carbocycles. The predicted octanol–water partition coefficient (Wildman–Crippen LogP) is 2.12. The lowest BCUT2D eigenvalue weighted by molar-refractivity contribution is 0.424. The molecule has 0 bridgehead atoms. The highest BCUT2D eigenvalue weighted by Gasteiger charge is 1.99. The molecule has 0 aromatic rings. The SMILES string of the molecule is FCCC(I)CF. The monoisotopic (exact) mass is 220 g/mol. The largest absolute Gasteiger partial charge is 0.251 e. The van der Waals surface area contributed by atoms with Gasteiger partial charge in [0.25, 0.3) is 0 Å². The standard InChI is InChI=1S/C4H7F2I/c5-2-1-4(7)3-6/h4H,1-3H2. The molecule has 0 saturated carbocycles. The van der Waals surface area contributed by atoms with Gasteiger partial charge in [-0.25, -0.2) is 4.39 Å². The summed E-state index contributed by atoms with van der Waals surface area (Å²) < 4.78 is 22.5. The molecule has 0 aliphatic carbocycles. The molecule has 7 heavy (non-hydrogen) atoms. The van der Waals surface area contributed by atoms with E-state index in [0.29, 0.717) is 6.42 Å². The second-order valence-electron chi connectivity index (χ2n) is 1.23. The van der Waals surface area contributed by atoms with Gasteiger partial charge < -0.3 is 0 Å². The van der Waals surface area contributed by atoms with Gasteiger partial charge in [-0.05, 0) is 6.42 Å². The zero-order valence-corrected chi connectivity index (χ0v) is 5.99. The highest BCUT2D eigenvalue weighted by molar-refractivity contribution is 14.1. The van der Waals surface area contributed by atoms with E-state index in [2.05, 4.69) is 0 Å². The summed E-state index contributed by atoms with van der Waals surface area (Å²) in [7, 11) is 0. The van der Waals surface area contributed by atoms with Crippen molar-refractivity contribution in [3.05, 3.63) is 0 Å². The summed E-state index contributed by atoms with van der Waals surface area (Å²) in [6.45, 7) is -0.817. The van der Waals surface area contributed by atoms with Gasteiger partial charge in [0.05, 0.1) is 6.67 Å². The van der Waals surface area contributed by atoms with Crippen LogP contribution >= 0.6 is 22.6 Å². The van der Waals surface area contributed by atoms with Crippen LogP contribution in [-0.4, -0.2) is 17.3 Å². The van der Waals surface area contributed by atoms with Crippen LogP contribution in [0.15, 0.2) is 0 Å². The summed E-state index contributed by atoms with van der Waals surface area (Å²) in [5.41, 5.74) is 0. The Balaban J connectivity index is 2.83. The first-order valence-electron chi connectivity index (χ1n) is 2.07. The third kappa shape index (κ3) is 4.44. The molecule has 0 aromatic heterocycles. The molecule has 0 spiro atoms. The Bertz CT molecular complexity index is 40.7. The van der Waals surface area contributed by atoms with E-state index in [4.69, 9.17) is 0 Å². The van der Waals surface area contributed by atoms with Gasteiger partial charge in [0.2, 0.25) is 0 Å². The fourth-order valence-electron chi connectivity index (χ4n) is 0.196. The third-order valence-electron chi connectivity index (χ3n) is 0.590. The Labute approximate surface area is 55.4 Å². The molecule has 0 aliphatic rings. The van der Waals surface area contributed by atoms with Crippen molar-refractivity contribution < 1.29 is 8.78 Å². The Morgan fingerprint density at radius 2 is 2.00 bits per heavy atom. The van der Waals surface area contributed by atoms with E-state index in [0.717, 1.165) is 0 Å². The van der Waals surface area contributed by atoms with Gasteiger partial charge in [-0.15, -0.1) is 0 Å². The Morgan fingerprint density at radius 1 is 1.43 bits per heavy atom. The topological polar surface area (TPSA) is 0 Å². The molecule has 0 radical (unpaired) electrons. The van der Waals surface area contributed by atoms with Crippen LogP contribution < -0.4 is 0 Å². The van der Waals surface area contributed by atoms with Gasteiger partial charge >= 0.3 is 0 Å². The number of alkyl halides is 3. The first kappa shape index (κ1) is 7.59.